The van der Waals surface area contributed by atoms with Gasteiger partial charge in [-0.1, -0.05) is 173 Å². The van der Waals surface area contributed by atoms with Gasteiger partial charge >= 0.3 is 0 Å². The van der Waals surface area contributed by atoms with Gasteiger partial charge in [-0.3, -0.25) is 0 Å². The van der Waals surface area contributed by atoms with E-state index < -0.39 is 0 Å². The number of benzene rings is 1. The first-order valence-corrected chi connectivity index (χ1v) is 17.4. The Balaban J connectivity index is 1.58. The topological polar surface area (TPSA) is 19.7 Å². The van der Waals surface area contributed by atoms with Crippen LogP contribution in [0.3, 0.4) is 0 Å². The van der Waals surface area contributed by atoms with E-state index in [1.165, 1.54) is 165 Å². The number of aryl methyl sites for hydroxylation is 1. The fraction of sp³-hybridized carbons (Fsp3) is 0.757. The first-order chi connectivity index (χ1) is 19.3. The highest BCUT2D eigenvalue weighted by Crippen LogP contribution is 2.19. The fourth-order valence-corrected chi connectivity index (χ4v) is 6.14. The molecule has 222 valence electrons. The van der Waals surface area contributed by atoms with E-state index in [1.807, 2.05) is 0 Å². The maximum absolute atomic E-state index is 3.55. The van der Waals surface area contributed by atoms with Crippen molar-refractivity contribution in [3.63, 3.8) is 0 Å². The summed E-state index contributed by atoms with van der Waals surface area (Å²) < 4.78 is 2.53. The molecule has 0 amide bonds. The summed E-state index contributed by atoms with van der Waals surface area (Å²) >= 11 is 0. The Morgan fingerprint density at radius 2 is 1.08 bits per heavy atom. The van der Waals surface area contributed by atoms with Crippen molar-refractivity contribution < 1.29 is 4.57 Å². The Morgan fingerprint density at radius 3 is 1.62 bits per heavy atom. The normalized spacial score (nSPS) is 12.3. The molecule has 1 heterocycles. The third-order valence-corrected chi connectivity index (χ3v) is 8.66. The summed E-state index contributed by atoms with van der Waals surface area (Å²) in [7, 11) is 0. The van der Waals surface area contributed by atoms with Crippen molar-refractivity contribution in [2.24, 2.45) is 5.92 Å². The number of hydrogen-bond acceptors (Lipinski definition) is 0. The monoisotopic (exact) mass is 538 g/mol. The lowest BCUT2D eigenvalue weighted by Crippen LogP contribution is -2.40. The molecule has 2 rings (SSSR count). The molecule has 0 aliphatic carbocycles. The summed E-state index contributed by atoms with van der Waals surface area (Å²) in [6, 6.07) is 11.2. The molecule has 1 aromatic carbocycles. The number of imidazole rings is 1. The van der Waals surface area contributed by atoms with Gasteiger partial charge in [0, 0.05) is 12.3 Å². The van der Waals surface area contributed by atoms with Crippen LogP contribution in [-0.2, 0) is 19.4 Å². The Labute approximate surface area is 243 Å². The van der Waals surface area contributed by atoms with E-state index in [1.54, 1.807) is 0 Å². The SMILES string of the molecule is CCCCCCCCCCCCCCCCCCC(Cc1ccccc1)C[n+]1cc[nH]c1CCCCCCC. The Bertz CT molecular complexity index is 765. The quantitative estimate of drug-likeness (QED) is 0.0863. The minimum atomic E-state index is 0.721. The van der Waals surface area contributed by atoms with Gasteiger partial charge in [-0.2, -0.15) is 0 Å². The zero-order valence-corrected chi connectivity index (χ0v) is 26.2. The van der Waals surface area contributed by atoms with E-state index in [2.05, 4.69) is 66.1 Å². The van der Waals surface area contributed by atoms with Crippen LogP contribution in [0.1, 0.15) is 166 Å². The summed E-state index contributed by atoms with van der Waals surface area (Å²) in [6.07, 6.45) is 38.0. The second-order valence-corrected chi connectivity index (χ2v) is 12.4. The molecule has 1 N–H and O–H groups in total. The number of rotatable bonds is 27. The first kappa shape index (κ1) is 33.6. The van der Waals surface area contributed by atoms with Crippen LogP contribution in [0.25, 0.3) is 0 Å². The Morgan fingerprint density at radius 1 is 0.590 bits per heavy atom. The smallest absolute Gasteiger partial charge is 0.248 e. The van der Waals surface area contributed by atoms with Gasteiger partial charge in [-0.25, -0.2) is 9.55 Å². The molecular weight excluding hydrogens is 472 g/mol. The van der Waals surface area contributed by atoms with E-state index in [9.17, 15) is 0 Å². The molecule has 0 radical (unpaired) electrons. The third-order valence-electron chi connectivity index (χ3n) is 8.66. The number of nitrogens with one attached hydrogen (secondary N) is 1. The van der Waals surface area contributed by atoms with Crippen molar-refractivity contribution in [2.75, 3.05) is 0 Å². The number of nitrogens with zero attached hydrogens (tertiary/aromatic N) is 1. The standard InChI is InChI=1S/C37H64N2/c1-3-5-7-9-10-11-12-13-14-15-16-17-18-19-21-23-29-36(33-35-27-24-22-25-28-35)34-39-32-31-38-37(39)30-26-20-8-6-4-2/h22,24-25,27-28,31-32,36H,3-21,23,26,29-30,33-34H2,1-2H3/p+1. The summed E-state index contributed by atoms with van der Waals surface area (Å²) in [5.41, 5.74) is 1.50. The molecule has 39 heavy (non-hydrogen) atoms. The largest absolute Gasteiger partial charge is 0.254 e. The van der Waals surface area contributed by atoms with Gasteiger partial charge in [0.1, 0.15) is 12.4 Å². The predicted octanol–water partition coefficient (Wildman–Crippen LogP) is 11.3. The highest BCUT2D eigenvalue weighted by molar-refractivity contribution is 5.15. The maximum Gasteiger partial charge on any atom is 0.254 e. The average molecular weight is 538 g/mol. The molecule has 0 aliphatic rings. The van der Waals surface area contributed by atoms with Gasteiger partial charge in [0.25, 0.3) is 5.82 Å². The number of unbranched alkanes of at least 4 members (excludes halogenated alkanes) is 19. The second-order valence-electron chi connectivity index (χ2n) is 12.4. The maximum atomic E-state index is 3.55. The number of aromatic amines is 1. The molecule has 2 aromatic rings. The van der Waals surface area contributed by atoms with Crippen LogP contribution in [0.4, 0.5) is 0 Å². The minimum Gasteiger partial charge on any atom is -0.248 e. The van der Waals surface area contributed by atoms with Gasteiger partial charge in [0.15, 0.2) is 0 Å². The number of hydrogen-bond donors (Lipinski definition) is 1. The number of aromatic nitrogens is 2. The van der Waals surface area contributed by atoms with E-state index in [0.29, 0.717) is 0 Å². The van der Waals surface area contributed by atoms with Gasteiger partial charge in [-0.15, -0.1) is 0 Å². The summed E-state index contributed by atoms with van der Waals surface area (Å²) in [6.45, 7) is 5.76. The molecule has 1 unspecified atom stereocenters. The van der Waals surface area contributed by atoms with Crippen LogP contribution in [0.2, 0.25) is 0 Å². The van der Waals surface area contributed by atoms with Crippen LogP contribution in [0, 0.1) is 5.92 Å². The van der Waals surface area contributed by atoms with E-state index in [0.717, 1.165) is 12.5 Å². The van der Waals surface area contributed by atoms with Crippen molar-refractivity contribution >= 4 is 0 Å². The molecule has 1 atom stereocenters. The number of H-pyrrole nitrogens is 1. The molecule has 2 heteroatoms. The van der Waals surface area contributed by atoms with Crippen molar-refractivity contribution in [2.45, 2.75) is 174 Å². The van der Waals surface area contributed by atoms with Gasteiger partial charge < -0.3 is 0 Å². The van der Waals surface area contributed by atoms with Crippen LogP contribution in [-0.4, -0.2) is 4.98 Å². The van der Waals surface area contributed by atoms with Crippen molar-refractivity contribution in [1.82, 2.24) is 4.98 Å². The van der Waals surface area contributed by atoms with Crippen LogP contribution in [0.5, 0.6) is 0 Å². The van der Waals surface area contributed by atoms with Crippen molar-refractivity contribution in [3.8, 4) is 0 Å². The summed E-state index contributed by atoms with van der Waals surface area (Å²) in [4.78, 5) is 3.55. The fourth-order valence-electron chi connectivity index (χ4n) is 6.14. The lowest BCUT2D eigenvalue weighted by Gasteiger charge is -2.16. The Hall–Kier alpha value is -1.57. The highest BCUT2D eigenvalue weighted by Gasteiger charge is 2.17. The molecule has 0 bridgehead atoms. The average Bonchev–Trinajstić information content (AvgIpc) is 3.39. The molecule has 0 spiro atoms. The lowest BCUT2D eigenvalue weighted by atomic mass is 9.93. The van der Waals surface area contributed by atoms with Gasteiger partial charge in [0.05, 0.1) is 6.54 Å². The van der Waals surface area contributed by atoms with Crippen LogP contribution >= 0.6 is 0 Å². The summed E-state index contributed by atoms with van der Waals surface area (Å²) in [5, 5.41) is 0. The molecule has 0 fully saturated rings. The third kappa shape index (κ3) is 17.7. The van der Waals surface area contributed by atoms with E-state index >= 15 is 0 Å². The zero-order valence-electron chi connectivity index (χ0n) is 26.2. The van der Waals surface area contributed by atoms with Gasteiger partial charge in [-0.05, 0) is 24.8 Å². The van der Waals surface area contributed by atoms with E-state index in [4.69, 9.17) is 0 Å². The second kappa shape index (κ2) is 24.2. The minimum absolute atomic E-state index is 0.721. The zero-order chi connectivity index (χ0) is 27.6. The van der Waals surface area contributed by atoms with E-state index in [-0.39, 0.29) is 0 Å². The Kier molecular flexibility index (Phi) is 20.9. The first-order valence-electron chi connectivity index (χ1n) is 17.4. The molecule has 0 aliphatic heterocycles. The van der Waals surface area contributed by atoms with Crippen LogP contribution in [0.15, 0.2) is 42.7 Å². The van der Waals surface area contributed by atoms with Crippen molar-refractivity contribution in [1.29, 1.82) is 0 Å². The molecule has 0 saturated carbocycles. The van der Waals surface area contributed by atoms with Crippen LogP contribution < -0.4 is 4.57 Å². The lowest BCUT2D eigenvalue weighted by molar-refractivity contribution is -0.709. The summed E-state index contributed by atoms with van der Waals surface area (Å²) in [5.74, 6) is 2.15. The van der Waals surface area contributed by atoms with Gasteiger partial charge in [0.2, 0.25) is 0 Å². The molecule has 1 aromatic heterocycles. The molecule has 2 nitrogen and oxygen atoms in total. The highest BCUT2D eigenvalue weighted by atomic mass is 15.1. The molecular formula is C37H65N2+. The molecule has 0 saturated heterocycles. The van der Waals surface area contributed by atoms with Crippen molar-refractivity contribution in [3.05, 3.63) is 54.1 Å². The predicted molar refractivity (Wildman–Crippen MR) is 171 cm³/mol.